The van der Waals surface area contributed by atoms with Crippen LogP contribution < -0.4 is 5.32 Å². The van der Waals surface area contributed by atoms with Gasteiger partial charge in [-0.15, -0.1) is 11.3 Å². The van der Waals surface area contributed by atoms with Crippen LogP contribution in [0.25, 0.3) is 0 Å². The first kappa shape index (κ1) is 14.9. The second kappa shape index (κ2) is 7.94. The van der Waals surface area contributed by atoms with Crippen LogP contribution in [-0.4, -0.2) is 48.3 Å². The monoisotopic (exact) mass is 283 g/mol. The topological polar surface area (TPSA) is 37.4 Å². The smallest absolute Gasteiger partial charge is 0.0795 e. The van der Waals surface area contributed by atoms with Crippen LogP contribution in [0.2, 0.25) is 0 Å². The predicted molar refractivity (Wildman–Crippen MR) is 79.5 cm³/mol. The summed E-state index contributed by atoms with van der Waals surface area (Å²) in [5.41, 5.74) is 3.04. The number of morpholine rings is 1. The van der Waals surface area contributed by atoms with Crippen LogP contribution in [0, 0.1) is 0 Å². The molecule has 0 saturated carbocycles. The third kappa shape index (κ3) is 5.57. The predicted octanol–water partition coefficient (Wildman–Crippen LogP) is 2.12. The second-order valence-electron chi connectivity index (χ2n) is 5.38. The molecule has 0 amide bonds. The first-order chi connectivity index (χ1) is 9.24. The zero-order chi connectivity index (χ0) is 13.5. The Kier molecular flexibility index (Phi) is 6.23. The molecule has 1 aromatic heterocycles. The Hall–Kier alpha value is -0.490. The van der Waals surface area contributed by atoms with Gasteiger partial charge in [-0.3, -0.25) is 4.90 Å². The summed E-state index contributed by atoms with van der Waals surface area (Å²) in [6.07, 6.45) is 3.24. The van der Waals surface area contributed by atoms with Gasteiger partial charge in [0.15, 0.2) is 0 Å². The van der Waals surface area contributed by atoms with Gasteiger partial charge in [0.05, 0.1) is 23.4 Å². The fraction of sp³-hybridized carbons (Fsp3) is 0.786. The molecule has 0 spiro atoms. The normalized spacial score (nSPS) is 24.7. The molecule has 2 rings (SSSR count). The van der Waals surface area contributed by atoms with Crippen molar-refractivity contribution in [2.75, 3.05) is 26.2 Å². The molecule has 4 nitrogen and oxygen atoms in total. The Morgan fingerprint density at radius 1 is 1.37 bits per heavy atom. The van der Waals surface area contributed by atoms with Crippen molar-refractivity contribution in [1.82, 2.24) is 15.2 Å². The van der Waals surface area contributed by atoms with Gasteiger partial charge in [0.25, 0.3) is 0 Å². The van der Waals surface area contributed by atoms with Crippen LogP contribution in [0.3, 0.4) is 0 Å². The lowest BCUT2D eigenvalue weighted by Crippen LogP contribution is -2.45. The van der Waals surface area contributed by atoms with Crippen LogP contribution in [0.1, 0.15) is 32.4 Å². The number of thiazole rings is 1. The average Bonchev–Trinajstić information content (AvgIpc) is 2.85. The largest absolute Gasteiger partial charge is 0.373 e. The number of ether oxygens (including phenoxy) is 1. The minimum Gasteiger partial charge on any atom is -0.373 e. The fourth-order valence-corrected chi connectivity index (χ4v) is 3.15. The van der Waals surface area contributed by atoms with Gasteiger partial charge in [-0.2, -0.15) is 0 Å². The minimum atomic E-state index is 0.381. The van der Waals surface area contributed by atoms with Crippen molar-refractivity contribution in [1.29, 1.82) is 0 Å². The van der Waals surface area contributed by atoms with Crippen LogP contribution >= 0.6 is 11.3 Å². The van der Waals surface area contributed by atoms with Gasteiger partial charge in [-0.05, 0) is 39.8 Å². The molecule has 2 atom stereocenters. The van der Waals surface area contributed by atoms with Crippen LogP contribution in [0.4, 0.5) is 0 Å². The first-order valence-corrected chi connectivity index (χ1v) is 8.14. The highest BCUT2D eigenvalue weighted by molar-refractivity contribution is 7.07. The van der Waals surface area contributed by atoms with Crippen molar-refractivity contribution in [3.63, 3.8) is 0 Å². The molecule has 1 N–H and O–H groups in total. The van der Waals surface area contributed by atoms with E-state index in [1.807, 2.05) is 5.51 Å². The van der Waals surface area contributed by atoms with Crippen molar-refractivity contribution in [3.05, 3.63) is 16.6 Å². The number of hydrogen-bond donors (Lipinski definition) is 1. The molecule has 1 aromatic rings. The van der Waals surface area contributed by atoms with E-state index < -0.39 is 0 Å². The van der Waals surface area contributed by atoms with Gasteiger partial charge in [0, 0.05) is 25.0 Å². The summed E-state index contributed by atoms with van der Waals surface area (Å²) in [7, 11) is 0. The highest BCUT2D eigenvalue weighted by Gasteiger charge is 2.21. The van der Waals surface area contributed by atoms with E-state index in [1.54, 1.807) is 11.3 Å². The Morgan fingerprint density at radius 2 is 2.16 bits per heavy atom. The average molecular weight is 283 g/mol. The van der Waals surface area contributed by atoms with Crippen molar-refractivity contribution in [2.24, 2.45) is 0 Å². The van der Waals surface area contributed by atoms with Crippen molar-refractivity contribution in [2.45, 2.75) is 45.4 Å². The van der Waals surface area contributed by atoms with Crippen molar-refractivity contribution >= 4 is 11.3 Å². The Labute approximate surface area is 120 Å². The Morgan fingerprint density at radius 3 is 2.84 bits per heavy atom. The van der Waals surface area contributed by atoms with E-state index in [2.05, 4.69) is 34.4 Å². The summed E-state index contributed by atoms with van der Waals surface area (Å²) in [5, 5.41) is 5.54. The molecule has 0 aliphatic carbocycles. The fourth-order valence-electron chi connectivity index (χ4n) is 2.59. The third-order valence-electron chi connectivity index (χ3n) is 3.36. The molecule has 1 aliphatic rings. The van der Waals surface area contributed by atoms with Crippen LogP contribution in [0.5, 0.6) is 0 Å². The van der Waals surface area contributed by atoms with E-state index in [-0.39, 0.29) is 0 Å². The molecule has 108 valence electrons. The highest BCUT2D eigenvalue weighted by Crippen LogP contribution is 2.11. The zero-order valence-electron chi connectivity index (χ0n) is 12.0. The third-order valence-corrected chi connectivity index (χ3v) is 4.00. The van der Waals surface area contributed by atoms with E-state index >= 15 is 0 Å². The van der Waals surface area contributed by atoms with Gasteiger partial charge < -0.3 is 10.1 Å². The van der Waals surface area contributed by atoms with E-state index in [9.17, 15) is 0 Å². The van der Waals surface area contributed by atoms with Crippen LogP contribution in [0.15, 0.2) is 10.9 Å². The van der Waals surface area contributed by atoms with E-state index in [1.165, 1.54) is 19.4 Å². The summed E-state index contributed by atoms with van der Waals surface area (Å²) in [6.45, 7) is 9.65. The van der Waals surface area contributed by atoms with Gasteiger partial charge in [0.2, 0.25) is 0 Å². The van der Waals surface area contributed by atoms with E-state index in [0.29, 0.717) is 12.2 Å². The molecular formula is C14H25N3OS. The summed E-state index contributed by atoms with van der Waals surface area (Å²) in [4.78, 5) is 6.79. The molecule has 0 radical (unpaired) electrons. The first-order valence-electron chi connectivity index (χ1n) is 7.19. The van der Waals surface area contributed by atoms with Crippen molar-refractivity contribution < 1.29 is 4.74 Å². The summed E-state index contributed by atoms with van der Waals surface area (Å²) in [5.74, 6) is 0. The number of nitrogens with one attached hydrogen (secondary N) is 1. The van der Waals surface area contributed by atoms with Gasteiger partial charge >= 0.3 is 0 Å². The molecule has 0 bridgehead atoms. The molecule has 19 heavy (non-hydrogen) atoms. The lowest BCUT2D eigenvalue weighted by Gasteiger charge is -2.35. The molecule has 2 unspecified atom stereocenters. The molecule has 1 saturated heterocycles. The molecule has 2 heterocycles. The number of nitrogens with zero attached hydrogens (tertiary/aromatic N) is 2. The maximum absolute atomic E-state index is 5.74. The highest BCUT2D eigenvalue weighted by atomic mass is 32.1. The number of aromatic nitrogens is 1. The lowest BCUT2D eigenvalue weighted by molar-refractivity contribution is -0.0681. The SMILES string of the molecule is CC1CN(CCCCNCc2cscn2)CC(C)O1. The number of unbranched alkanes of at least 4 members (excludes halogenated alkanes) is 1. The van der Waals surface area contributed by atoms with Crippen molar-refractivity contribution in [3.8, 4) is 0 Å². The number of hydrogen-bond acceptors (Lipinski definition) is 5. The zero-order valence-corrected chi connectivity index (χ0v) is 12.8. The molecule has 0 aromatic carbocycles. The quantitative estimate of drug-likeness (QED) is 0.778. The molecule has 5 heteroatoms. The lowest BCUT2D eigenvalue weighted by atomic mass is 10.2. The summed E-state index contributed by atoms with van der Waals surface area (Å²) < 4.78 is 5.74. The maximum Gasteiger partial charge on any atom is 0.0795 e. The number of rotatable bonds is 7. The van der Waals surface area contributed by atoms with Gasteiger partial charge in [0.1, 0.15) is 0 Å². The van der Waals surface area contributed by atoms with Gasteiger partial charge in [-0.1, -0.05) is 0 Å². The minimum absolute atomic E-state index is 0.381. The summed E-state index contributed by atoms with van der Waals surface area (Å²) in [6, 6.07) is 0. The Bertz CT molecular complexity index is 334. The molecule has 1 aliphatic heterocycles. The van der Waals surface area contributed by atoms with E-state index in [0.717, 1.165) is 31.9 Å². The summed E-state index contributed by atoms with van der Waals surface area (Å²) >= 11 is 1.66. The standard InChI is InChI=1S/C14H25N3OS/c1-12-8-17(9-13(2)18-12)6-4-3-5-15-7-14-10-19-11-16-14/h10-13,15H,3-9H2,1-2H3. The molecular weight excluding hydrogens is 258 g/mol. The van der Waals surface area contributed by atoms with Gasteiger partial charge in [-0.25, -0.2) is 4.98 Å². The second-order valence-corrected chi connectivity index (χ2v) is 6.10. The maximum atomic E-state index is 5.74. The van der Waals surface area contributed by atoms with E-state index in [4.69, 9.17) is 4.74 Å². The van der Waals surface area contributed by atoms with Crippen LogP contribution in [-0.2, 0) is 11.3 Å². The molecule has 1 fully saturated rings. The Balaban J connectivity index is 1.49.